The first-order valence-electron chi connectivity index (χ1n) is 10.4. The maximum atomic E-state index is 13.5. The molecule has 0 aliphatic heterocycles. The van der Waals surface area contributed by atoms with Gasteiger partial charge in [0.25, 0.3) is 11.5 Å². The van der Waals surface area contributed by atoms with Crippen LogP contribution in [0.5, 0.6) is 5.75 Å². The molecule has 0 fully saturated rings. The highest BCUT2D eigenvalue weighted by Gasteiger charge is 2.31. The molecule has 1 unspecified atom stereocenters. The average Bonchev–Trinajstić information content (AvgIpc) is 3.19. The van der Waals surface area contributed by atoms with E-state index < -0.39 is 17.5 Å². The van der Waals surface area contributed by atoms with Crippen LogP contribution in [0.15, 0.2) is 57.8 Å². The van der Waals surface area contributed by atoms with Gasteiger partial charge in [-0.25, -0.2) is 0 Å². The number of halogens is 1. The van der Waals surface area contributed by atoms with E-state index >= 15 is 0 Å². The molecule has 1 heterocycles. The van der Waals surface area contributed by atoms with E-state index in [2.05, 4.69) is 25.9 Å². The van der Waals surface area contributed by atoms with Crippen LogP contribution in [0.1, 0.15) is 54.1 Å². The molecule has 8 heteroatoms. The lowest BCUT2D eigenvalue weighted by atomic mass is 9.86. The molecule has 2 aromatic carbocycles. The number of ether oxygens (including phenoxy) is 1. The third-order valence-electron chi connectivity index (χ3n) is 5.40. The number of benzene rings is 2. The zero-order valence-corrected chi connectivity index (χ0v) is 20.0. The molecule has 0 aliphatic rings. The quantitative estimate of drug-likeness (QED) is 0.546. The molecule has 0 saturated heterocycles. The Morgan fingerprint density at radius 2 is 1.79 bits per heavy atom. The minimum atomic E-state index is -0.912. The Labute approximate surface area is 197 Å². The molecule has 174 valence electrons. The molecule has 0 spiro atoms. The summed E-state index contributed by atoms with van der Waals surface area (Å²) in [5.41, 5.74) is 1.67. The van der Waals surface area contributed by atoms with Crippen LogP contribution in [0.3, 0.4) is 0 Å². The van der Waals surface area contributed by atoms with Gasteiger partial charge in [0, 0.05) is 18.5 Å². The summed E-state index contributed by atoms with van der Waals surface area (Å²) < 4.78 is 10.2. The number of likely N-dealkylation sites (N-methyl/N-ethyl adjacent to an activating group) is 1. The maximum Gasteiger partial charge on any atom is 0.293 e. The first kappa shape index (κ1) is 24.3. The summed E-state index contributed by atoms with van der Waals surface area (Å²) in [6, 6.07) is 12.6. The SMILES string of the molecule is COc1ccc(C(C(=O)Cc2ccc(C(C)(C)C)c(Cl)c2)N(C)C(=O)c2cc(=O)[nH]o2)cc1. The van der Waals surface area contributed by atoms with Gasteiger partial charge in [-0.05, 0) is 40.3 Å². The van der Waals surface area contributed by atoms with Crippen molar-refractivity contribution in [3.05, 3.63) is 86.4 Å². The van der Waals surface area contributed by atoms with Crippen molar-refractivity contribution in [1.82, 2.24) is 10.1 Å². The van der Waals surface area contributed by atoms with E-state index in [1.54, 1.807) is 37.4 Å². The van der Waals surface area contributed by atoms with Crippen LogP contribution >= 0.6 is 11.6 Å². The molecular weight excluding hydrogens is 444 g/mol. The van der Waals surface area contributed by atoms with Crippen molar-refractivity contribution in [2.24, 2.45) is 0 Å². The first-order valence-corrected chi connectivity index (χ1v) is 10.8. The summed E-state index contributed by atoms with van der Waals surface area (Å²) in [5.74, 6) is -0.358. The number of amides is 1. The normalized spacial score (nSPS) is 12.3. The number of ketones is 1. The summed E-state index contributed by atoms with van der Waals surface area (Å²) in [4.78, 5) is 39.1. The van der Waals surface area contributed by atoms with Gasteiger partial charge in [-0.15, -0.1) is 0 Å². The van der Waals surface area contributed by atoms with Gasteiger partial charge in [-0.1, -0.05) is 56.6 Å². The third-order valence-corrected chi connectivity index (χ3v) is 5.71. The van der Waals surface area contributed by atoms with Crippen LogP contribution in [0.4, 0.5) is 0 Å². The van der Waals surface area contributed by atoms with Crippen LogP contribution in [-0.2, 0) is 16.6 Å². The number of hydrogen-bond donors (Lipinski definition) is 1. The highest BCUT2D eigenvalue weighted by Crippen LogP contribution is 2.31. The van der Waals surface area contributed by atoms with Crippen molar-refractivity contribution >= 4 is 23.3 Å². The predicted octanol–water partition coefficient (Wildman–Crippen LogP) is 4.55. The Hall–Kier alpha value is -3.32. The van der Waals surface area contributed by atoms with Gasteiger partial charge in [0.05, 0.1) is 13.2 Å². The largest absolute Gasteiger partial charge is 0.497 e. The molecule has 0 aliphatic carbocycles. The van der Waals surface area contributed by atoms with Crippen LogP contribution in [0.25, 0.3) is 0 Å². The number of Topliss-reactive ketones (excluding diaryl/α,β-unsaturated/α-hetero) is 1. The molecule has 7 nitrogen and oxygen atoms in total. The van der Waals surface area contributed by atoms with Crippen molar-refractivity contribution < 1.29 is 18.8 Å². The number of rotatable bonds is 7. The molecule has 1 amide bonds. The van der Waals surface area contributed by atoms with Crippen LogP contribution in [-0.4, -0.2) is 35.9 Å². The summed E-state index contributed by atoms with van der Waals surface area (Å²) in [7, 11) is 3.05. The smallest absolute Gasteiger partial charge is 0.293 e. The molecule has 0 bridgehead atoms. The van der Waals surface area contributed by atoms with Crippen LogP contribution in [0.2, 0.25) is 5.02 Å². The lowest BCUT2D eigenvalue weighted by molar-refractivity contribution is -0.122. The minimum Gasteiger partial charge on any atom is -0.497 e. The number of nitrogens with zero attached hydrogens (tertiary/aromatic N) is 1. The fourth-order valence-corrected chi connectivity index (χ4v) is 4.15. The average molecular weight is 471 g/mol. The van der Waals surface area contributed by atoms with E-state index in [0.29, 0.717) is 16.3 Å². The minimum absolute atomic E-state index is 0.0650. The number of H-pyrrole nitrogens is 1. The van der Waals surface area contributed by atoms with Crippen LogP contribution in [0, 0.1) is 0 Å². The zero-order valence-electron chi connectivity index (χ0n) is 19.3. The highest BCUT2D eigenvalue weighted by atomic mass is 35.5. The molecule has 33 heavy (non-hydrogen) atoms. The molecule has 1 atom stereocenters. The van der Waals surface area contributed by atoms with Gasteiger partial charge < -0.3 is 14.2 Å². The first-order chi connectivity index (χ1) is 15.5. The van der Waals surface area contributed by atoms with Crippen molar-refractivity contribution in [3.8, 4) is 5.75 Å². The zero-order chi connectivity index (χ0) is 24.3. The maximum absolute atomic E-state index is 13.5. The number of carbonyl (C=O) groups is 2. The van der Waals surface area contributed by atoms with E-state index in [1.165, 1.54) is 11.9 Å². The lowest BCUT2D eigenvalue weighted by Gasteiger charge is -2.27. The van der Waals surface area contributed by atoms with E-state index in [4.69, 9.17) is 20.9 Å². The third kappa shape index (κ3) is 5.54. The van der Waals surface area contributed by atoms with E-state index in [9.17, 15) is 14.4 Å². The van der Waals surface area contributed by atoms with Gasteiger partial charge in [-0.2, -0.15) is 5.16 Å². The molecule has 3 rings (SSSR count). The van der Waals surface area contributed by atoms with Gasteiger partial charge >= 0.3 is 0 Å². The number of hydrogen-bond acceptors (Lipinski definition) is 5. The second kappa shape index (κ2) is 9.67. The Morgan fingerprint density at radius 1 is 1.12 bits per heavy atom. The second-order valence-electron chi connectivity index (χ2n) is 8.88. The molecular formula is C25H27ClN2O5. The Morgan fingerprint density at radius 3 is 2.30 bits per heavy atom. The van der Waals surface area contributed by atoms with Gasteiger partial charge in [0.15, 0.2) is 5.78 Å². The number of carbonyl (C=O) groups excluding carboxylic acids is 2. The molecule has 1 aromatic heterocycles. The number of aromatic nitrogens is 1. The second-order valence-corrected chi connectivity index (χ2v) is 9.28. The Bertz CT molecular complexity index is 1200. The highest BCUT2D eigenvalue weighted by molar-refractivity contribution is 6.31. The van der Waals surface area contributed by atoms with Crippen molar-refractivity contribution in [1.29, 1.82) is 0 Å². The summed E-state index contributed by atoms with van der Waals surface area (Å²) in [5, 5.41) is 2.69. The van der Waals surface area contributed by atoms with Crippen LogP contribution < -0.4 is 10.3 Å². The summed E-state index contributed by atoms with van der Waals surface area (Å²) in [6.45, 7) is 6.20. The molecule has 1 N–H and O–H groups in total. The summed E-state index contributed by atoms with van der Waals surface area (Å²) in [6.07, 6.45) is 0.0650. The number of nitrogens with one attached hydrogen (secondary N) is 1. The monoisotopic (exact) mass is 470 g/mol. The fraction of sp³-hybridized carbons (Fsp3) is 0.320. The fourth-order valence-electron chi connectivity index (χ4n) is 3.67. The number of aromatic amines is 1. The Kier molecular flexibility index (Phi) is 7.12. The van der Waals surface area contributed by atoms with Crippen molar-refractivity contribution in [3.63, 3.8) is 0 Å². The van der Waals surface area contributed by atoms with Gasteiger partial charge in [-0.3, -0.25) is 14.4 Å². The molecule has 0 saturated carbocycles. The van der Waals surface area contributed by atoms with E-state index in [-0.39, 0.29) is 23.4 Å². The van der Waals surface area contributed by atoms with Gasteiger partial charge in [0.1, 0.15) is 11.8 Å². The summed E-state index contributed by atoms with van der Waals surface area (Å²) >= 11 is 6.49. The Balaban J connectivity index is 1.94. The topological polar surface area (TPSA) is 92.6 Å². The predicted molar refractivity (Wildman–Crippen MR) is 126 cm³/mol. The van der Waals surface area contributed by atoms with Crippen molar-refractivity contribution in [2.75, 3.05) is 14.2 Å². The standard InChI is InChI=1S/C25H27ClN2O5/c1-25(2,3)18-11-6-15(12-19(18)26)13-20(29)23(16-7-9-17(32-5)10-8-16)28(4)24(31)21-14-22(30)27-33-21/h6-12,14,23H,13H2,1-5H3,(H,27,30). The number of methoxy groups -OCH3 is 1. The molecule has 3 aromatic rings. The van der Waals surface area contributed by atoms with E-state index in [1.807, 2.05) is 12.1 Å². The molecule has 0 radical (unpaired) electrons. The lowest BCUT2D eigenvalue weighted by Crippen LogP contribution is -2.36. The van der Waals surface area contributed by atoms with Crippen molar-refractivity contribution in [2.45, 2.75) is 38.6 Å². The van der Waals surface area contributed by atoms with E-state index in [0.717, 1.165) is 17.2 Å². The van der Waals surface area contributed by atoms with Gasteiger partial charge in [0.2, 0.25) is 5.76 Å².